The van der Waals surface area contributed by atoms with E-state index in [1.54, 1.807) is 6.33 Å². The van der Waals surface area contributed by atoms with Crippen molar-refractivity contribution in [3.05, 3.63) is 85.3 Å². The van der Waals surface area contributed by atoms with Crippen LogP contribution >= 0.6 is 0 Å². The van der Waals surface area contributed by atoms with Crippen LogP contribution in [-0.2, 0) is 0 Å². The van der Waals surface area contributed by atoms with Gasteiger partial charge in [0.05, 0.1) is 6.20 Å². The summed E-state index contributed by atoms with van der Waals surface area (Å²) in [5.41, 5.74) is 4.82. The van der Waals surface area contributed by atoms with Crippen molar-refractivity contribution in [2.75, 3.05) is 9.80 Å². The molecule has 0 saturated heterocycles. The highest BCUT2D eigenvalue weighted by atomic mass is 15.5. The topological polar surface area (TPSA) is 32.3 Å². The SMILES string of the molecule is C=CC1C(CC)c2ccccc2N2c3cncnc3N(c3ccccc3)C2C1(C)CC. The average molecular weight is 411 g/mol. The second-order valence-electron chi connectivity index (χ2n) is 8.88. The molecular formula is C27H30N4. The minimum atomic E-state index is -0.0576. The number of benzene rings is 2. The molecule has 2 aliphatic rings. The lowest BCUT2D eigenvalue weighted by Gasteiger charge is -2.47. The summed E-state index contributed by atoms with van der Waals surface area (Å²) in [4.78, 5) is 14.1. The Kier molecular flexibility index (Phi) is 4.81. The van der Waals surface area contributed by atoms with Crippen LogP contribution in [0.15, 0.2) is 79.8 Å². The van der Waals surface area contributed by atoms with Crippen molar-refractivity contribution in [3.8, 4) is 0 Å². The summed E-state index contributed by atoms with van der Waals surface area (Å²) in [6, 6.07) is 19.5. The monoisotopic (exact) mass is 410 g/mol. The van der Waals surface area contributed by atoms with Gasteiger partial charge in [0.15, 0.2) is 5.82 Å². The van der Waals surface area contributed by atoms with Crippen molar-refractivity contribution in [1.29, 1.82) is 0 Å². The van der Waals surface area contributed by atoms with E-state index in [4.69, 9.17) is 4.98 Å². The quantitative estimate of drug-likeness (QED) is 0.442. The summed E-state index contributed by atoms with van der Waals surface area (Å²) in [6.45, 7) is 11.4. The Bertz CT molecular complexity index is 1100. The van der Waals surface area contributed by atoms with Crippen LogP contribution in [0.1, 0.15) is 45.1 Å². The second kappa shape index (κ2) is 7.52. The third kappa shape index (κ3) is 2.74. The van der Waals surface area contributed by atoms with Gasteiger partial charge in [0.1, 0.15) is 18.2 Å². The molecule has 5 rings (SSSR count). The van der Waals surface area contributed by atoms with Gasteiger partial charge in [-0.25, -0.2) is 9.97 Å². The molecule has 4 atom stereocenters. The fourth-order valence-corrected chi connectivity index (χ4v) is 5.91. The van der Waals surface area contributed by atoms with Gasteiger partial charge < -0.3 is 9.80 Å². The lowest BCUT2D eigenvalue weighted by atomic mass is 9.65. The van der Waals surface area contributed by atoms with Gasteiger partial charge in [-0.3, -0.25) is 0 Å². The first kappa shape index (κ1) is 19.8. The standard InChI is InChI=1S/C27H30N4/c1-5-20-21-15-11-12-16-23(21)31-24-17-28-18-29-25(24)30(19-13-9-8-10-14-19)26(31)27(4,7-3)22(20)6-2/h6,8-18,20,22,26H,2,5,7H2,1,3-4H3. The largest absolute Gasteiger partial charge is 0.315 e. The van der Waals surface area contributed by atoms with E-state index in [2.05, 4.69) is 103 Å². The van der Waals surface area contributed by atoms with Gasteiger partial charge >= 0.3 is 0 Å². The lowest BCUT2D eigenvalue weighted by molar-refractivity contribution is 0.153. The van der Waals surface area contributed by atoms with E-state index < -0.39 is 0 Å². The number of fused-ring (bicyclic) bond motifs is 5. The van der Waals surface area contributed by atoms with Gasteiger partial charge in [-0.15, -0.1) is 6.58 Å². The van der Waals surface area contributed by atoms with E-state index in [0.29, 0.717) is 11.8 Å². The molecule has 31 heavy (non-hydrogen) atoms. The molecule has 0 bridgehead atoms. The maximum Gasteiger partial charge on any atom is 0.162 e. The highest BCUT2D eigenvalue weighted by Crippen LogP contribution is 2.60. The van der Waals surface area contributed by atoms with Crippen LogP contribution in [0.3, 0.4) is 0 Å². The van der Waals surface area contributed by atoms with E-state index in [1.807, 2.05) is 6.20 Å². The highest BCUT2D eigenvalue weighted by molar-refractivity contribution is 5.87. The number of aromatic nitrogens is 2. The molecule has 4 nitrogen and oxygen atoms in total. The zero-order valence-electron chi connectivity index (χ0n) is 18.6. The maximum absolute atomic E-state index is 4.78. The Hall–Kier alpha value is -3.14. The predicted molar refractivity (Wildman–Crippen MR) is 128 cm³/mol. The summed E-state index contributed by atoms with van der Waals surface area (Å²) in [5, 5.41) is 0. The van der Waals surface area contributed by atoms with Crippen LogP contribution in [0.25, 0.3) is 0 Å². The average Bonchev–Trinajstić information content (AvgIpc) is 3.14. The zero-order chi connectivity index (χ0) is 21.6. The van der Waals surface area contributed by atoms with Crippen LogP contribution in [0.2, 0.25) is 0 Å². The van der Waals surface area contributed by atoms with Crippen LogP contribution in [0, 0.1) is 11.3 Å². The van der Waals surface area contributed by atoms with Crippen molar-refractivity contribution >= 4 is 22.9 Å². The Morgan fingerprint density at radius 3 is 2.45 bits per heavy atom. The molecule has 0 radical (unpaired) electrons. The first-order chi connectivity index (χ1) is 15.2. The van der Waals surface area contributed by atoms with Gasteiger partial charge in [0, 0.05) is 16.8 Å². The molecule has 0 N–H and O–H groups in total. The van der Waals surface area contributed by atoms with E-state index in [-0.39, 0.29) is 11.6 Å². The molecule has 0 amide bonds. The summed E-state index contributed by atoms with van der Waals surface area (Å²) in [5.74, 6) is 1.71. The zero-order valence-corrected chi connectivity index (χ0v) is 18.6. The minimum Gasteiger partial charge on any atom is -0.315 e. The maximum atomic E-state index is 4.78. The van der Waals surface area contributed by atoms with Gasteiger partial charge in [-0.2, -0.15) is 0 Å². The number of hydrogen-bond donors (Lipinski definition) is 0. The molecular weight excluding hydrogens is 380 g/mol. The highest BCUT2D eigenvalue weighted by Gasteiger charge is 2.55. The molecule has 1 aromatic heterocycles. The number of allylic oxidation sites excluding steroid dienone is 1. The van der Waals surface area contributed by atoms with Crippen LogP contribution in [0.5, 0.6) is 0 Å². The fourth-order valence-electron chi connectivity index (χ4n) is 5.91. The van der Waals surface area contributed by atoms with E-state index >= 15 is 0 Å². The predicted octanol–water partition coefficient (Wildman–Crippen LogP) is 6.82. The number of rotatable bonds is 4. The van der Waals surface area contributed by atoms with Gasteiger partial charge in [0.2, 0.25) is 0 Å². The Labute approximate surface area is 185 Å². The summed E-state index contributed by atoms with van der Waals surface area (Å²) < 4.78 is 0. The molecule has 0 spiro atoms. The van der Waals surface area contributed by atoms with Crippen molar-refractivity contribution in [3.63, 3.8) is 0 Å². The van der Waals surface area contributed by atoms with Gasteiger partial charge in [-0.05, 0) is 48.4 Å². The van der Waals surface area contributed by atoms with Crippen molar-refractivity contribution in [2.45, 2.75) is 45.7 Å². The Morgan fingerprint density at radius 2 is 1.74 bits per heavy atom. The van der Waals surface area contributed by atoms with Gasteiger partial charge in [0.25, 0.3) is 0 Å². The number of hydrogen-bond acceptors (Lipinski definition) is 4. The Morgan fingerprint density at radius 1 is 1.00 bits per heavy atom. The van der Waals surface area contributed by atoms with Crippen molar-refractivity contribution in [1.82, 2.24) is 9.97 Å². The molecule has 4 heteroatoms. The van der Waals surface area contributed by atoms with Gasteiger partial charge in [-0.1, -0.05) is 63.2 Å². The number of nitrogens with zero attached hydrogens (tertiary/aromatic N) is 4. The van der Waals surface area contributed by atoms with Crippen molar-refractivity contribution in [2.24, 2.45) is 11.3 Å². The summed E-state index contributed by atoms with van der Waals surface area (Å²) >= 11 is 0. The normalized spacial score (nSPS) is 26.6. The molecule has 158 valence electrons. The van der Waals surface area contributed by atoms with E-state index in [9.17, 15) is 0 Å². The van der Waals surface area contributed by atoms with Crippen LogP contribution in [0.4, 0.5) is 22.9 Å². The summed E-state index contributed by atoms with van der Waals surface area (Å²) in [7, 11) is 0. The van der Waals surface area contributed by atoms with E-state index in [0.717, 1.165) is 30.0 Å². The fraction of sp³-hybridized carbons (Fsp3) is 0.333. The third-order valence-corrected chi connectivity index (χ3v) is 7.52. The molecule has 2 aliphatic heterocycles. The molecule has 2 aromatic carbocycles. The number of para-hydroxylation sites is 2. The number of anilines is 4. The molecule has 0 aliphatic carbocycles. The molecule has 3 aromatic rings. The molecule has 3 heterocycles. The third-order valence-electron chi connectivity index (χ3n) is 7.52. The minimum absolute atomic E-state index is 0.0576. The van der Waals surface area contributed by atoms with Crippen LogP contribution in [-0.4, -0.2) is 16.1 Å². The first-order valence-electron chi connectivity index (χ1n) is 11.3. The lowest BCUT2D eigenvalue weighted by Crippen LogP contribution is -2.52. The second-order valence-corrected chi connectivity index (χ2v) is 8.88. The van der Waals surface area contributed by atoms with Crippen LogP contribution < -0.4 is 9.80 Å². The van der Waals surface area contributed by atoms with Crippen molar-refractivity contribution < 1.29 is 0 Å². The summed E-state index contributed by atoms with van der Waals surface area (Å²) in [6.07, 6.45) is 8.02. The molecule has 4 unspecified atom stereocenters. The first-order valence-corrected chi connectivity index (χ1v) is 11.3. The van der Waals surface area contributed by atoms with E-state index in [1.165, 1.54) is 11.3 Å². The smallest absolute Gasteiger partial charge is 0.162 e. The Balaban J connectivity index is 1.86. The molecule has 0 fully saturated rings. The molecule has 0 saturated carbocycles.